The van der Waals surface area contributed by atoms with Crippen LogP contribution >= 0.6 is 0 Å². The molecule has 0 bridgehead atoms. The van der Waals surface area contributed by atoms with Crippen molar-refractivity contribution in [3.05, 3.63) is 24.3 Å². The van der Waals surface area contributed by atoms with Gasteiger partial charge in [0.2, 0.25) is 0 Å². The Morgan fingerprint density at radius 3 is 2.71 bits per heavy atom. The van der Waals surface area contributed by atoms with Gasteiger partial charge in [-0.25, -0.2) is 0 Å². The maximum absolute atomic E-state index is 5.85. The van der Waals surface area contributed by atoms with Gasteiger partial charge in [0.1, 0.15) is 0 Å². The second-order valence-electron chi connectivity index (χ2n) is 4.33. The number of rotatable bonds is 2. The van der Waals surface area contributed by atoms with Gasteiger partial charge in [-0.2, -0.15) is 0 Å². The number of ether oxygens (including phenoxy) is 2. The Morgan fingerprint density at radius 1 is 1.29 bits per heavy atom. The molecule has 1 aliphatic carbocycles. The third-order valence-electron chi connectivity index (χ3n) is 2.84. The van der Waals surface area contributed by atoms with Crippen LogP contribution in [0.15, 0.2) is 24.3 Å². The first-order valence-electron chi connectivity index (χ1n) is 5.38. The molecule has 3 atom stereocenters. The fourth-order valence-electron chi connectivity index (χ4n) is 1.82. The van der Waals surface area contributed by atoms with Gasteiger partial charge in [0.15, 0.2) is 6.29 Å². The molecule has 78 valence electrons. The molecule has 1 saturated heterocycles. The first kappa shape index (κ1) is 9.94. The summed E-state index contributed by atoms with van der Waals surface area (Å²) in [4.78, 5) is 0. The van der Waals surface area contributed by atoms with Gasteiger partial charge in [0.05, 0.1) is 12.7 Å². The predicted molar refractivity (Wildman–Crippen MR) is 55.8 cm³/mol. The van der Waals surface area contributed by atoms with E-state index in [2.05, 4.69) is 38.2 Å². The van der Waals surface area contributed by atoms with Gasteiger partial charge in [-0.1, -0.05) is 38.2 Å². The molecule has 0 spiro atoms. The second-order valence-corrected chi connectivity index (χ2v) is 4.33. The molecule has 0 amide bonds. The van der Waals surface area contributed by atoms with Crippen molar-refractivity contribution < 1.29 is 9.47 Å². The molecular weight excluding hydrogens is 176 g/mol. The van der Waals surface area contributed by atoms with Crippen LogP contribution < -0.4 is 0 Å². The first-order chi connectivity index (χ1) is 6.77. The Balaban J connectivity index is 1.89. The third kappa shape index (κ3) is 2.07. The molecule has 2 aliphatic rings. The summed E-state index contributed by atoms with van der Waals surface area (Å²) in [6.07, 6.45) is 9.77. The van der Waals surface area contributed by atoms with Gasteiger partial charge in [-0.15, -0.1) is 0 Å². The molecule has 0 saturated carbocycles. The molecule has 1 aliphatic heterocycles. The van der Waals surface area contributed by atoms with E-state index >= 15 is 0 Å². The van der Waals surface area contributed by atoms with Crippen molar-refractivity contribution in [3.8, 4) is 0 Å². The quantitative estimate of drug-likeness (QED) is 0.672. The monoisotopic (exact) mass is 194 g/mol. The molecule has 14 heavy (non-hydrogen) atoms. The van der Waals surface area contributed by atoms with Crippen molar-refractivity contribution in [3.63, 3.8) is 0 Å². The van der Waals surface area contributed by atoms with Crippen LogP contribution in [0.5, 0.6) is 0 Å². The third-order valence-corrected chi connectivity index (χ3v) is 2.84. The highest BCUT2D eigenvalue weighted by atomic mass is 16.7. The van der Waals surface area contributed by atoms with Gasteiger partial charge in [0, 0.05) is 5.92 Å². The molecule has 0 aromatic rings. The zero-order valence-electron chi connectivity index (χ0n) is 8.85. The number of allylic oxidation sites excluding steroid dienone is 3. The summed E-state index contributed by atoms with van der Waals surface area (Å²) < 4.78 is 11.5. The Bertz CT molecular complexity index is 243. The SMILES string of the molecule is CC(C)C1COC(C2C=CC=CC2)O1. The van der Waals surface area contributed by atoms with Crippen LogP contribution in [0.1, 0.15) is 20.3 Å². The summed E-state index contributed by atoms with van der Waals surface area (Å²) in [6.45, 7) is 5.09. The summed E-state index contributed by atoms with van der Waals surface area (Å²) >= 11 is 0. The van der Waals surface area contributed by atoms with Crippen LogP contribution in [0.25, 0.3) is 0 Å². The highest BCUT2D eigenvalue weighted by Gasteiger charge is 2.32. The van der Waals surface area contributed by atoms with Crippen LogP contribution in [-0.4, -0.2) is 19.0 Å². The van der Waals surface area contributed by atoms with Crippen molar-refractivity contribution in [1.29, 1.82) is 0 Å². The molecule has 0 N–H and O–H groups in total. The second kappa shape index (κ2) is 4.28. The Labute approximate surface area is 85.6 Å². The lowest BCUT2D eigenvalue weighted by Gasteiger charge is -2.20. The average Bonchev–Trinajstić information content (AvgIpc) is 2.68. The molecule has 2 rings (SSSR count). The van der Waals surface area contributed by atoms with Crippen LogP contribution in [0.2, 0.25) is 0 Å². The van der Waals surface area contributed by atoms with Crippen LogP contribution in [0.3, 0.4) is 0 Å². The van der Waals surface area contributed by atoms with E-state index in [0.29, 0.717) is 11.8 Å². The van der Waals surface area contributed by atoms with E-state index in [1.807, 2.05) is 0 Å². The molecule has 0 aromatic carbocycles. The van der Waals surface area contributed by atoms with Crippen LogP contribution in [0, 0.1) is 11.8 Å². The maximum atomic E-state index is 5.85. The van der Waals surface area contributed by atoms with Gasteiger partial charge < -0.3 is 9.47 Å². The Morgan fingerprint density at radius 2 is 2.14 bits per heavy atom. The summed E-state index contributed by atoms with van der Waals surface area (Å²) in [5, 5.41) is 0. The normalized spacial score (nSPS) is 36.9. The Hall–Kier alpha value is -0.600. The minimum atomic E-state index is -0.0244. The van der Waals surface area contributed by atoms with Crippen molar-refractivity contribution >= 4 is 0 Å². The smallest absolute Gasteiger partial charge is 0.164 e. The lowest BCUT2D eigenvalue weighted by molar-refractivity contribution is -0.0894. The minimum Gasteiger partial charge on any atom is -0.349 e. The van der Waals surface area contributed by atoms with Gasteiger partial charge >= 0.3 is 0 Å². The van der Waals surface area contributed by atoms with Crippen molar-refractivity contribution in [2.45, 2.75) is 32.7 Å². The van der Waals surface area contributed by atoms with Crippen molar-refractivity contribution in [2.75, 3.05) is 6.61 Å². The van der Waals surface area contributed by atoms with Gasteiger partial charge in [0.25, 0.3) is 0 Å². The molecule has 3 unspecified atom stereocenters. The predicted octanol–water partition coefficient (Wildman–Crippen LogP) is 2.52. The van der Waals surface area contributed by atoms with Gasteiger partial charge in [-0.3, -0.25) is 0 Å². The number of hydrogen-bond donors (Lipinski definition) is 0. The largest absolute Gasteiger partial charge is 0.349 e. The van der Waals surface area contributed by atoms with E-state index in [4.69, 9.17) is 9.47 Å². The highest BCUT2D eigenvalue weighted by Crippen LogP contribution is 2.27. The zero-order valence-corrected chi connectivity index (χ0v) is 8.85. The van der Waals surface area contributed by atoms with E-state index < -0.39 is 0 Å². The summed E-state index contributed by atoms with van der Waals surface area (Å²) in [7, 11) is 0. The van der Waals surface area contributed by atoms with Crippen molar-refractivity contribution in [1.82, 2.24) is 0 Å². The summed E-state index contributed by atoms with van der Waals surface area (Å²) in [5.41, 5.74) is 0. The molecular formula is C12H18O2. The van der Waals surface area contributed by atoms with E-state index in [0.717, 1.165) is 13.0 Å². The first-order valence-corrected chi connectivity index (χ1v) is 5.38. The van der Waals surface area contributed by atoms with E-state index in [9.17, 15) is 0 Å². The standard InChI is InChI=1S/C12H18O2/c1-9(2)11-8-13-12(14-11)10-6-4-3-5-7-10/h3-6,9-12H,7-8H2,1-2H3. The molecule has 1 heterocycles. The summed E-state index contributed by atoms with van der Waals surface area (Å²) in [5.74, 6) is 0.951. The fourth-order valence-corrected chi connectivity index (χ4v) is 1.82. The van der Waals surface area contributed by atoms with E-state index in [1.165, 1.54) is 0 Å². The summed E-state index contributed by atoms with van der Waals surface area (Å²) in [6, 6.07) is 0. The van der Waals surface area contributed by atoms with Crippen LogP contribution in [-0.2, 0) is 9.47 Å². The van der Waals surface area contributed by atoms with E-state index in [-0.39, 0.29) is 12.4 Å². The fraction of sp³-hybridized carbons (Fsp3) is 0.667. The minimum absolute atomic E-state index is 0.0244. The topological polar surface area (TPSA) is 18.5 Å². The zero-order chi connectivity index (χ0) is 9.97. The molecule has 2 heteroatoms. The van der Waals surface area contributed by atoms with Crippen LogP contribution in [0.4, 0.5) is 0 Å². The lowest BCUT2D eigenvalue weighted by Crippen LogP contribution is -2.23. The average molecular weight is 194 g/mol. The molecule has 0 aromatic heterocycles. The molecule has 1 fully saturated rings. The number of hydrogen-bond acceptors (Lipinski definition) is 2. The lowest BCUT2D eigenvalue weighted by atomic mass is 10.0. The maximum Gasteiger partial charge on any atom is 0.164 e. The van der Waals surface area contributed by atoms with E-state index in [1.54, 1.807) is 0 Å². The molecule has 2 nitrogen and oxygen atoms in total. The van der Waals surface area contributed by atoms with Crippen molar-refractivity contribution in [2.24, 2.45) is 11.8 Å². The molecule has 0 radical (unpaired) electrons. The highest BCUT2D eigenvalue weighted by molar-refractivity contribution is 5.11. The van der Waals surface area contributed by atoms with Gasteiger partial charge in [-0.05, 0) is 12.3 Å². The Kier molecular flexibility index (Phi) is 3.04.